The van der Waals surface area contributed by atoms with Gasteiger partial charge in [-0.1, -0.05) is 37.4 Å². The molecule has 0 fully saturated rings. The first-order valence-corrected chi connectivity index (χ1v) is 7.26. The average molecular weight is 303 g/mol. The first kappa shape index (κ1) is 14.9. The van der Waals surface area contributed by atoms with Crippen molar-refractivity contribution in [3.05, 3.63) is 89.7 Å². The smallest absolute Gasteiger partial charge is 0.229 e. The van der Waals surface area contributed by atoms with Crippen LogP contribution >= 0.6 is 0 Å². The van der Waals surface area contributed by atoms with Gasteiger partial charge in [0.15, 0.2) is 5.76 Å². The Hall–Kier alpha value is -3.07. The summed E-state index contributed by atoms with van der Waals surface area (Å²) in [5, 5.41) is 0. The third-order valence-corrected chi connectivity index (χ3v) is 3.95. The van der Waals surface area contributed by atoms with Crippen LogP contribution in [0.25, 0.3) is 11.3 Å². The van der Waals surface area contributed by atoms with Crippen molar-refractivity contribution in [3.8, 4) is 0 Å². The second-order valence-corrected chi connectivity index (χ2v) is 5.45. The Morgan fingerprint density at radius 2 is 1.65 bits per heavy atom. The number of nitrogens with two attached hydrogens (primary N) is 1. The molecule has 0 bridgehead atoms. The fraction of sp³-hybridized carbons (Fsp3) is 0.0500. The number of anilines is 1. The fourth-order valence-corrected chi connectivity index (χ4v) is 2.55. The molecule has 0 spiro atoms. The topological polar surface area (TPSA) is 52.3 Å². The van der Waals surface area contributed by atoms with E-state index in [-0.39, 0.29) is 11.5 Å². The van der Waals surface area contributed by atoms with E-state index in [1.54, 1.807) is 18.2 Å². The summed E-state index contributed by atoms with van der Waals surface area (Å²) in [5.41, 5.74) is 10.1. The van der Waals surface area contributed by atoms with Gasteiger partial charge >= 0.3 is 0 Å². The zero-order valence-corrected chi connectivity index (χ0v) is 12.9. The van der Waals surface area contributed by atoms with Crippen molar-refractivity contribution >= 4 is 22.8 Å². The lowest BCUT2D eigenvalue weighted by Crippen LogP contribution is -2.16. The number of allylic oxidation sites excluding steroid dienone is 3. The maximum Gasteiger partial charge on any atom is 0.229 e. The summed E-state index contributed by atoms with van der Waals surface area (Å²) in [5.74, 6) is 0.525. The van der Waals surface area contributed by atoms with E-state index in [4.69, 9.17) is 10.5 Å². The van der Waals surface area contributed by atoms with Crippen LogP contribution in [0.4, 0.5) is 5.69 Å². The van der Waals surface area contributed by atoms with E-state index in [0.29, 0.717) is 17.0 Å². The van der Waals surface area contributed by atoms with Crippen LogP contribution in [-0.2, 0) is 4.74 Å². The number of ketones is 1. The Kier molecular flexibility index (Phi) is 3.62. The lowest BCUT2D eigenvalue weighted by atomic mass is 9.86. The number of carbonyl (C=O) groups excluding carboxylic acids is 1. The molecular weight excluding hydrogens is 286 g/mol. The first-order chi connectivity index (χ1) is 11.0. The molecule has 0 radical (unpaired) electrons. The predicted octanol–water partition coefficient (Wildman–Crippen LogP) is 4.44. The van der Waals surface area contributed by atoms with Gasteiger partial charge < -0.3 is 10.5 Å². The lowest BCUT2D eigenvalue weighted by Gasteiger charge is -2.22. The monoisotopic (exact) mass is 303 g/mol. The van der Waals surface area contributed by atoms with Crippen LogP contribution in [0.1, 0.15) is 28.4 Å². The van der Waals surface area contributed by atoms with E-state index in [1.807, 2.05) is 37.3 Å². The third-order valence-electron chi connectivity index (χ3n) is 3.95. The number of Topliss-reactive ketones (excluding diaryl/α,β-unsaturated/α-hetero) is 1. The van der Waals surface area contributed by atoms with E-state index >= 15 is 0 Å². The predicted molar refractivity (Wildman–Crippen MR) is 93.5 cm³/mol. The van der Waals surface area contributed by atoms with Crippen LogP contribution < -0.4 is 5.73 Å². The van der Waals surface area contributed by atoms with Gasteiger partial charge in [0.2, 0.25) is 5.78 Å². The van der Waals surface area contributed by atoms with Crippen molar-refractivity contribution in [2.24, 2.45) is 0 Å². The highest BCUT2D eigenvalue weighted by atomic mass is 16.5. The highest BCUT2D eigenvalue weighted by Gasteiger charge is 2.28. The van der Waals surface area contributed by atoms with E-state index in [0.717, 1.165) is 22.3 Å². The van der Waals surface area contributed by atoms with Crippen LogP contribution in [0.15, 0.2) is 73.0 Å². The van der Waals surface area contributed by atoms with Gasteiger partial charge in [0.25, 0.3) is 0 Å². The molecule has 0 amide bonds. The molecule has 3 heteroatoms. The standard InChI is InChI=1S/C20H17NO2/c1-12-13(2)20(19(22)18-7-5-4-6-17(12)18)23-14(3)15-8-10-16(21)11-9-15/h4-11H,1,3,21H2,2H3. The SMILES string of the molecule is C=C(OC1=C(C)C(=C)c2ccccc2C1=O)c1ccc(N)cc1. The minimum Gasteiger partial charge on any atom is -0.453 e. The molecule has 114 valence electrons. The van der Waals surface area contributed by atoms with Crippen LogP contribution in [0.5, 0.6) is 0 Å². The van der Waals surface area contributed by atoms with Crippen LogP contribution in [0, 0.1) is 0 Å². The van der Waals surface area contributed by atoms with E-state index < -0.39 is 0 Å². The number of fused-ring (bicyclic) bond motifs is 1. The van der Waals surface area contributed by atoms with E-state index in [2.05, 4.69) is 13.2 Å². The molecule has 23 heavy (non-hydrogen) atoms. The van der Waals surface area contributed by atoms with Crippen LogP contribution in [0.2, 0.25) is 0 Å². The highest BCUT2D eigenvalue weighted by Crippen LogP contribution is 2.36. The Labute approximate surface area is 135 Å². The molecule has 0 aromatic heterocycles. The molecular formula is C20H17NO2. The number of carbonyl (C=O) groups is 1. The van der Waals surface area contributed by atoms with Crippen molar-refractivity contribution in [1.29, 1.82) is 0 Å². The first-order valence-electron chi connectivity index (χ1n) is 7.26. The van der Waals surface area contributed by atoms with Crippen molar-refractivity contribution < 1.29 is 9.53 Å². The summed E-state index contributed by atoms with van der Waals surface area (Å²) >= 11 is 0. The van der Waals surface area contributed by atoms with Gasteiger partial charge in [0.1, 0.15) is 5.76 Å². The van der Waals surface area contributed by atoms with Gasteiger partial charge in [-0.25, -0.2) is 0 Å². The molecule has 0 saturated carbocycles. The molecule has 3 rings (SSSR count). The maximum atomic E-state index is 12.7. The summed E-state index contributed by atoms with van der Waals surface area (Å²) in [4.78, 5) is 12.7. The molecule has 1 aliphatic rings. The Bertz CT molecular complexity index is 857. The van der Waals surface area contributed by atoms with E-state index in [9.17, 15) is 4.79 Å². The Morgan fingerprint density at radius 1 is 1.04 bits per heavy atom. The minimum atomic E-state index is -0.151. The second-order valence-electron chi connectivity index (χ2n) is 5.45. The normalized spacial score (nSPS) is 13.8. The summed E-state index contributed by atoms with van der Waals surface area (Å²) in [6, 6.07) is 14.5. The third kappa shape index (κ3) is 2.57. The zero-order valence-electron chi connectivity index (χ0n) is 12.9. The van der Waals surface area contributed by atoms with E-state index in [1.165, 1.54) is 0 Å². The van der Waals surface area contributed by atoms with Crippen molar-refractivity contribution in [2.75, 3.05) is 5.73 Å². The number of hydrogen-bond acceptors (Lipinski definition) is 3. The van der Waals surface area contributed by atoms with Gasteiger partial charge in [0, 0.05) is 22.4 Å². The summed E-state index contributed by atoms with van der Waals surface area (Å²) in [6.45, 7) is 9.83. The molecule has 0 saturated heterocycles. The summed E-state index contributed by atoms with van der Waals surface area (Å²) in [7, 11) is 0. The maximum absolute atomic E-state index is 12.7. The van der Waals surface area contributed by atoms with Crippen molar-refractivity contribution in [3.63, 3.8) is 0 Å². The molecule has 0 unspecified atom stereocenters. The molecule has 2 aromatic rings. The van der Waals surface area contributed by atoms with Gasteiger partial charge in [-0.15, -0.1) is 0 Å². The molecule has 0 aliphatic heterocycles. The van der Waals surface area contributed by atoms with Gasteiger partial charge in [-0.3, -0.25) is 4.79 Å². The molecule has 0 atom stereocenters. The summed E-state index contributed by atoms with van der Waals surface area (Å²) in [6.07, 6.45) is 0. The fourth-order valence-electron chi connectivity index (χ4n) is 2.55. The van der Waals surface area contributed by atoms with Crippen molar-refractivity contribution in [1.82, 2.24) is 0 Å². The quantitative estimate of drug-likeness (QED) is 0.673. The van der Waals surface area contributed by atoms with Gasteiger partial charge in [-0.2, -0.15) is 0 Å². The zero-order chi connectivity index (χ0) is 16.6. The summed E-state index contributed by atoms with van der Waals surface area (Å²) < 4.78 is 5.80. The molecule has 3 nitrogen and oxygen atoms in total. The highest BCUT2D eigenvalue weighted by molar-refractivity contribution is 6.16. The van der Waals surface area contributed by atoms with Crippen molar-refractivity contribution in [2.45, 2.75) is 6.92 Å². The number of hydrogen-bond donors (Lipinski definition) is 1. The number of rotatable bonds is 3. The Morgan fingerprint density at radius 3 is 2.30 bits per heavy atom. The minimum absolute atomic E-state index is 0.151. The largest absolute Gasteiger partial charge is 0.453 e. The lowest BCUT2D eigenvalue weighted by molar-refractivity contribution is 0.0973. The molecule has 2 N–H and O–H groups in total. The molecule has 0 heterocycles. The second kappa shape index (κ2) is 5.61. The number of ether oxygens (including phenoxy) is 1. The average Bonchev–Trinajstić information content (AvgIpc) is 2.57. The van der Waals surface area contributed by atoms with Crippen LogP contribution in [-0.4, -0.2) is 5.78 Å². The molecule has 1 aliphatic carbocycles. The van der Waals surface area contributed by atoms with Gasteiger partial charge in [-0.05, 0) is 42.3 Å². The number of nitrogen functional groups attached to an aromatic ring is 1. The molecule has 2 aromatic carbocycles. The van der Waals surface area contributed by atoms with Gasteiger partial charge in [0.05, 0.1) is 0 Å². The number of benzene rings is 2. The Balaban J connectivity index is 1.95. The van der Waals surface area contributed by atoms with Crippen LogP contribution in [0.3, 0.4) is 0 Å².